The topological polar surface area (TPSA) is 66.2 Å². The number of fused-ring (bicyclic) bond motifs is 3. The molecule has 0 unspecified atom stereocenters. The lowest BCUT2D eigenvalue weighted by atomic mass is 10.2. The molecule has 1 aromatic carbocycles. The van der Waals surface area contributed by atoms with Gasteiger partial charge >= 0.3 is 11.9 Å². The summed E-state index contributed by atoms with van der Waals surface area (Å²) >= 11 is 1.41. The number of aryl methyl sites for hydroxylation is 1. The van der Waals surface area contributed by atoms with Crippen molar-refractivity contribution in [2.24, 2.45) is 14.1 Å². The average molecular weight is 445 g/mol. The Balaban J connectivity index is 1.94. The minimum Gasteiger partial charge on any atom is -0.279 e. The number of hydrogen-bond acceptors (Lipinski definition) is 4. The number of alkyl halides is 3. The van der Waals surface area contributed by atoms with Crippen molar-refractivity contribution in [3.8, 4) is 16.3 Å². The molecule has 0 atom stereocenters. The van der Waals surface area contributed by atoms with Gasteiger partial charge in [0.1, 0.15) is 0 Å². The van der Waals surface area contributed by atoms with Gasteiger partial charge in [-0.3, -0.25) is 22.9 Å². The van der Waals surface area contributed by atoms with Crippen molar-refractivity contribution in [1.29, 1.82) is 0 Å². The highest BCUT2D eigenvalue weighted by molar-refractivity contribution is 7.13. The molecule has 4 heterocycles. The SMILES string of the molecule is Cn1c(=O)c2c(nc3n(-c4cccc(C(F)(F)F)c4)c(-c4cccs4)cn23)n(C)c1=O. The first-order chi connectivity index (χ1) is 14.7. The lowest BCUT2D eigenvalue weighted by Gasteiger charge is -2.11. The minimum atomic E-state index is -4.51. The number of halogens is 3. The molecular weight excluding hydrogens is 431 g/mol. The van der Waals surface area contributed by atoms with Crippen molar-refractivity contribution in [1.82, 2.24) is 23.1 Å². The highest BCUT2D eigenvalue weighted by Gasteiger charge is 2.31. The van der Waals surface area contributed by atoms with Crippen LogP contribution in [-0.2, 0) is 20.3 Å². The summed E-state index contributed by atoms with van der Waals surface area (Å²) in [5.74, 6) is 0.232. The molecule has 0 spiro atoms. The molecule has 11 heteroatoms. The van der Waals surface area contributed by atoms with Crippen molar-refractivity contribution in [2.75, 3.05) is 0 Å². The zero-order valence-corrected chi connectivity index (χ0v) is 17.0. The van der Waals surface area contributed by atoms with Crippen molar-refractivity contribution >= 4 is 28.3 Å². The van der Waals surface area contributed by atoms with E-state index in [0.29, 0.717) is 5.69 Å². The van der Waals surface area contributed by atoms with Crippen molar-refractivity contribution < 1.29 is 13.2 Å². The molecule has 0 aliphatic carbocycles. The summed E-state index contributed by atoms with van der Waals surface area (Å²) in [6.07, 6.45) is -2.86. The predicted octanol–water partition coefficient (Wildman–Crippen LogP) is 3.42. The van der Waals surface area contributed by atoms with Gasteiger partial charge in [0.15, 0.2) is 11.2 Å². The standard InChI is InChI=1S/C20H14F3N5O2S/c1-25-16-15(17(29)26(2)19(25)30)27-10-13(14-7-4-8-31-14)28(18(27)24-16)12-6-3-5-11(9-12)20(21,22)23/h3-10H,1-2H3. The number of benzene rings is 1. The molecule has 0 aliphatic heterocycles. The van der Waals surface area contributed by atoms with Crippen molar-refractivity contribution in [2.45, 2.75) is 6.18 Å². The monoisotopic (exact) mass is 445 g/mol. The van der Waals surface area contributed by atoms with Crippen LogP contribution in [0, 0.1) is 0 Å². The lowest BCUT2D eigenvalue weighted by Crippen LogP contribution is -2.37. The fourth-order valence-electron chi connectivity index (χ4n) is 3.64. The smallest absolute Gasteiger partial charge is 0.279 e. The van der Waals surface area contributed by atoms with E-state index >= 15 is 0 Å². The third-order valence-corrected chi connectivity index (χ3v) is 6.06. The van der Waals surface area contributed by atoms with Gasteiger partial charge in [-0.15, -0.1) is 11.3 Å². The molecule has 5 rings (SSSR count). The first-order valence-corrected chi connectivity index (χ1v) is 9.97. The van der Waals surface area contributed by atoms with Crippen LogP contribution in [0.1, 0.15) is 5.56 Å². The first-order valence-electron chi connectivity index (χ1n) is 9.09. The summed E-state index contributed by atoms with van der Waals surface area (Å²) in [5.41, 5.74) is -0.732. The van der Waals surface area contributed by atoms with E-state index in [2.05, 4.69) is 4.98 Å². The number of aromatic nitrogens is 5. The van der Waals surface area contributed by atoms with Crippen LogP contribution in [0.2, 0.25) is 0 Å². The van der Waals surface area contributed by atoms with Crippen LogP contribution in [0.4, 0.5) is 13.2 Å². The van der Waals surface area contributed by atoms with Gasteiger partial charge in [0.05, 0.1) is 16.1 Å². The van der Waals surface area contributed by atoms with E-state index in [1.807, 2.05) is 17.5 Å². The second kappa shape index (κ2) is 6.45. The molecule has 0 bridgehead atoms. The molecule has 0 saturated carbocycles. The molecular formula is C20H14F3N5O2S. The van der Waals surface area contributed by atoms with E-state index in [1.165, 1.54) is 40.5 Å². The van der Waals surface area contributed by atoms with E-state index in [4.69, 9.17) is 0 Å². The maximum absolute atomic E-state index is 13.3. The van der Waals surface area contributed by atoms with E-state index in [0.717, 1.165) is 21.6 Å². The van der Waals surface area contributed by atoms with Gasteiger partial charge in [-0.1, -0.05) is 12.1 Å². The molecule has 0 radical (unpaired) electrons. The highest BCUT2D eigenvalue weighted by Crippen LogP contribution is 2.34. The van der Waals surface area contributed by atoms with Gasteiger partial charge in [-0.2, -0.15) is 18.2 Å². The summed E-state index contributed by atoms with van der Waals surface area (Å²) in [7, 11) is 2.86. The Kier molecular flexibility index (Phi) is 4.03. The van der Waals surface area contributed by atoms with Crippen LogP contribution in [0.3, 0.4) is 0 Å². The van der Waals surface area contributed by atoms with E-state index < -0.39 is 23.0 Å². The quantitative estimate of drug-likeness (QED) is 0.418. The molecule has 5 aromatic rings. The van der Waals surface area contributed by atoms with Crippen molar-refractivity contribution in [3.63, 3.8) is 0 Å². The molecule has 31 heavy (non-hydrogen) atoms. The van der Waals surface area contributed by atoms with Crippen LogP contribution < -0.4 is 11.2 Å². The van der Waals surface area contributed by atoms with Gasteiger partial charge in [0.25, 0.3) is 5.56 Å². The second-order valence-corrected chi connectivity index (χ2v) is 7.98. The zero-order valence-electron chi connectivity index (χ0n) is 16.2. The van der Waals surface area contributed by atoms with Gasteiger partial charge in [-0.05, 0) is 29.6 Å². The number of rotatable bonds is 2. The number of nitrogens with zero attached hydrogens (tertiary/aromatic N) is 5. The summed E-state index contributed by atoms with van der Waals surface area (Å²) in [5, 5.41) is 1.85. The third-order valence-electron chi connectivity index (χ3n) is 5.17. The minimum absolute atomic E-state index is 0.154. The Hall–Kier alpha value is -3.60. The Morgan fingerprint density at radius 3 is 2.48 bits per heavy atom. The molecule has 4 aromatic heterocycles. The lowest BCUT2D eigenvalue weighted by molar-refractivity contribution is -0.137. The van der Waals surface area contributed by atoms with Crippen LogP contribution in [0.5, 0.6) is 0 Å². The Bertz CT molecular complexity index is 1590. The fraction of sp³-hybridized carbons (Fsp3) is 0.150. The van der Waals surface area contributed by atoms with Gasteiger partial charge in [-0.25, -0.2) is 4.79 Å². The average Bonchev–Trinajstić information content (AvgIpc) is 3.44. The highest BCUT2D eigenvalue weighted by atomic mass is 32.1. The molecule has 0 N–H and O–H groups in total. The number of hydrogen-bond donors (Lipinski definition) is 0. The number of imidazole rings is 2. The van der Waals surface area contributed by atoms with E-state index in [1.54, 1.807) is 16.8 Å². The third kappa shape index (κ3) is 2.76. The largest absolute Gasteiger partial charge is 0.416 e. The van der Waals surface area contributed by atoms with Crippen LogP contribution in [0.25, 0.3) is 33.2 Å². The van der Waals surface area contributed by atoms with E-state index in [-0.39, 0.29) is 22.6 Å². The summed E-state index contributed by atoms with van der Waals surface area (Å²) in [4.78, 5) is 30.4. The van der Waals surface area contributed by atoms with Crippen LogP contribution in [0.15, 0.2) is 57.6 Å². The van der Waals surface area contributed by atoms with Crippen LogP contribution in [-0.4, -0.2) is 23.1 Å². The zero-order chi connectivity index (χ0) is 22.1. The number of thiophene rings is 1. The van der Waals surface area contributed by atoms with Crippen molar-refractivity contribution in [3.05, 3.63) is 74.4 Å². The maximum atomic E-state index is 13.3. The Morgan fingerprint density at radius 2 is 1.81 bits per heavy atom. The molecule has 0 amide bonds. The molecule has 158 valence electrons. The molecule has 0 saturated heterocycles. The Labute approximate surface area is 175 Å². The van der Waals surface area contributed by atoms with E-state index in [9.17, 15) is 22.8 Å². The molecule has 0 fully saturated rings. The molecule has 0 aliphatic rings. The molecule has 7 nitrogen and oxygen atoms in total. The van der Waals surface area contributed by atoms with Gasteiger partial charge < -0.3 is 0 Å². The predicted molar refractivity (Wildman–Crippen MR) is 111 cm³/mol. The normalized spacial score (nSPS) is 12.3. The van der Waals surface area contributed by atoms with Gasteiger partial charge in [0, 0.05) is 26.0 Å². The Morgan fingerprint density at radius 1 is 1.03 bits per heavy atom. The summed E-state index contributed by atoms with van der Waals surface area (Å²) in [6.45, 7) is 0. The second-order valence-electron chi connectivity index (χ2n) is 7.03. The maximum Gasteiger partial charge on any atom is 0.416 e. The van der Waals surface area contributed by atoms with Crippen LogP contribution >= 0.6 is 11.3 Å². The first kappa shape index (κ1) is 19.4. The summed E-state index contributed by atoms with van der Waals surface area (Å²) in [6, 6.07) is 8.56. The van der Waals surface area contributed by atoms with Gasteiger partial charge in [0.2, 0.25) is 5.78 Å². The summed E-state index contributed by atoms with van der Waals surface area (Å²) < 4.78 is 45.3. The fourth-order valence-corrected chi connectivity index (χ4v) is 4.37.